The number of hydrogen-bond acceptors (Lipinski definition) is 5. The van der Waals surface area contributed by atoms with Gasteiger partial charge in [-0.15, -0.1) is 0 Å². The van der Waals surface area contributed by atoms with E-state index in [1.165, 1.54) is 4.31 Å². The van der Waals surface area contributed by atoms with Gasteiger partial charge in [0.1, 0.15) is 16.5 Å². The summed E-state index contributed by atoms with van der Waals surface area (Å²) >= 11 is 0. The van der Waals surface area contributed by atoms with Crippen LogP contribution >= 0.6 is 0 Å². The molecule has 1 aromatic rings. The van der Waals surface area contributed by atoms with E-state index in [2.05, 4.69) is 0 Å². The maximum Gasteiger partial charge on any atom is 0.246 e. The summed E-state index contributed by atoms with van der Waals surface area (Å²) in [5, 5.41) is 0. The molecule has 0 spiro atoms. The first kappa shape index (κ1) is 19.6. The van der Waals surface area contributed by atoms with Gasteiger partial charge in [-0.3, -0.25) is 0 Å². The van der Waals surface area contributed by atoms with Crippen LogP contribution in [0.15, 0.2) is 23.1 Å². The van der Waals surface area contributed by atoms with Gasteiger partial charge in [-0.2, -0.15) is 8.61 Å². The molecule has 2 heterocycles. The van der Waals surface area contributed by atoms with Crippen LogP contribution in [-0.2, 0) is 24.8 Å². The minimum atomic E-state index is -4.23. The number of ether oxygens (including phenoxy) is 1. The first-order valence-corrected chi connectivity index (χ1v) is 11.4. The van der Waals surface area contributed by atoms with E-state index in [1.54, 1.807) is 0 Å². The molecule has 0 atom stereocenters. The Hall–Kier alpha value is -1.14. The maximum atomic E-state index is 13.8. The summed E-state index contributed by atoms with van der Waals surface area (Å²) in [6, 6.07) is 1.44. The molecular formula is C15H20F2N2O5S2. The molecule has 26 heavy (non-hydrogen) atoms. The molecule has 0 saturated carbocycles. The number of hydrogen-bond donors (Lipinski definition) is 0. The summed E-state index contributed by atoms with van der Waals surface area (Å²) in [6.07, 6.45) is 2.16. The second kappa shape index (κ2) is 7.12. The molecule has 1 aromatic carbocycles. The average molecular weight is 410 g/mol. The predicted molar refractivity (Wildman–Crippen MR) is 89.4 cm³/mol. The Bertz CT molecular complexity index is 879. The van der Waals surface area contributed by atoms with Crippen molar-refractivity contribution in [2.45, 2.75) is 29.8 Å². The van der Waals surface area contributed by atoms with Crippen molar-refractivity contribution >= 4 is 20.0 Å². The lowest BCUT2D eigenvalue weighted by Crippen LogP contribution is -2.64. The van der Waals surface area contributed by atoms with E-state index in [9.17, 15) is 25.6 Å². The lowest BCUT2D eigenvalue weighted by atomic mass is 10.1. The monoisotopic (exact) mass is 410 g/mol. The Labute approximate surface area is 151 Å². The van der Waals surface area contributed by atoms with Crippen LogP contribution in [0.1, 0.15) is 12.8 Å². The Morgan fingerprint density at radius 2 is 1.69 bits per heavy atom. The van der Waals surface area contributed by atoms with Gasteiger partial charge in [-0.05, 0) is 31.0 Å². The highest BCUT2D eigenvalue weighted by Crippen LogP contribution is 2.30. The molecule has 2 fully saturated rings. The minimum absolute atomic E-state index is 0.0945. The molecule has 7 nitrogen and oxygen atoms in total. The topological polar surface area (TPSA) is 84.0 Å². The smallest absolute Gasteiger partial charge is 0.246 e. The van der Waals surface area contributed by atoms with Crippen LogP contribution in [0.2, 0.25) is 0 Å². The van der Waals surface area contributed by atoms with E-state index in [-0.39, 0.29) is 19.1 Å². The fourth-order valence-corrected chi connectivity index (χ4v) is 6.39. The lowest BCUT2D eigenvalue weighted by molar-refractivity contribution is 0.0316. The third-order valence-corrected chi connectivity index (χ3v) is 7.84. The first-order valence-electron chi connectivity index (χ1n) is 8.12. The van der Waals surface area contributed by atoms with E-state index >= 15 is 0 Å². The van der Waals surface area contributed by atoms with Crippen LogP contribution in [-0.4, -0.2) is 70.1 Å². The summed E-state index contributed by atoms with van der Waals surface area (Å²) < 4.78 is 84.1. The van der Waals surface area contributed by atoms with Crippen molar-refractivity contribution in [3.8, 4) is 0 Å². The third kappa shape index (κ3) is 3.77. The largest absolute Gasteiger partial charge is 0.381 e. The van der Waals surface area contributed by atoms with Gasteiger partial charge in [-0.25, -0.2) is 25.6 Å². The average Bonchev–Trinajstić information content (AvgIpc) is 2.52. The van der Waals surface area contributed by atoms with E-state index in [1.807, 2.05) is 0 Å². The maximum absolute atomic E-state index is 13.8. The zero-order valence-electron chi connectivity index (χ0n) is 14.1. The molecule has 2 aliphatic heterocycles. The second-order valence-corrected chi connectivity index (χ2v) is 10.3. The highest BCUT2D eigenvalue weighted by Gasteiger charge is 2.45. The highest BCUT2D eigenvalue weighted by molar-refractivity contribution is 7.89. The van der Waals surface area contributed by atoms with Crippen LogP contribution in [0, 0.1) is 11.6 Å². The molecule has 2 aliphatic rings. The molecule has 0 aliphatic carbocycles. The Morgan fingerprint density at radius 1 is 1.08 bits per heavy atom. The molecule has 2 saturated heterocycles. The zero-order chi connectivity index (χ0) is 19.1. The molecule has 0 radical (unpaired) electrons. The van der Waals surface area contributed by atoms with Gasteiger partial charge in [0.15, 0.2) is 0 Å². The van der Waals surface area contributed by atoms with Crippen LogP contribution in [0.5, 0.6) is 0 Å². The molecule has 11 heteroatoms. The fraction of sp³-hybridized carbons (Fsp3) is 0.600. The summed E-state index contributed by atoms with van der Waals surface area (Å²) in [7, 11) is -7.78. The molecule has 0 amide bonds. The predicted octanol–water partition coefficient (Wildman–Crippen LogP) is 0.778. The number of halogens is 2. The van der Waals surface area contributed by atoms with Gasteiger partial charge < -0.3 is 4.74 Å². The standard InChI is InChI=1S/C15H20F2N2O5S2/c1-25(20,21)19(12-4-6-24-7-5-12)13-9-18(10-13)26(22,23)15-8-11(16)2-3-14(15)17/h2-3,8,12-13H,4-7,9-10H2,1H3. The van der Waals surface area contributed by atoms with Gasteiger partial charge in [0.2, 0.25) is 20.0 Å². The second-order valence-electron chi connectivity index (χ2n) is 6.49. The van der Waals surface area contributed by atoms with Crippen molar-refractivity contribution in [1.29, 1.82) is 0 Å². The molecule has 0 N–H and O–H groups in total. The molecule has 0 aromatic heterocycles. The quantitative estimate of drug-likeness (QED) is 0.716. The molecular weight excluding hydrogens is 390 g/mol. The van der Waals surface area contributed by atoms with Crippen LogP contribution in [0.4, 0.5) is 8.78 Å². The van der Waals surface area contributed by atoms with Gasteiger partial charge in [0.25, 0.3) is 0 Å². The minimum Gasteiger partial charge on any atom is -0.381 e. The number of sulfonamides is 2. The first-order chi connectivity index (χ1) is 12.1. The van der Waals surface area contributed by atoms with Crippen molar-refractivity contribution in [1.82, 2.24) is 8.61 Å². The lowest BCUT2D eigenvalue weighted by Gasteiger charge is -2.46. The van der Waals surface area contributed by atoms with E-state index in [4.69, 9.17) is 4.74 Å². The van der Waals surface area contributed by atoms with E-state index in [0.717, 1.165) is 22.7 Å². The van der Waals surface area contributed by atoms with Crippen LogP contribution in [0.3, 0.4) is 0 Å². The van der Waals surface area contributed by atoms with Crippen molar-refractivity contribution in [2.75, 3.05) is 32.6 Å². The van der Waals surface area contributed by atoms with Gasteiger partial charge in [0, 0.05) is 32.3 Å². The van der Waals surface area contributed by atoms with Crippen molar-refractivity contribution in [3.05, 3.63) is 29.8 Å². The molecule has 3 rings (SSSR count). The number of rotatable bonds is 5. The summed E-state index contributed by atoms with van der Waals surface area (Å²) in [4.78, 5) is -0.743. The number of nitrogens with zero attached hydrogens (tertiary/aromatic N) is 2. The van der Waals surface area contributed by atoms with Crippen LogP contribution in [0.25, 0.3) is 0 Å². The van der Waals surface area contributed by atoms with Crippen molar-refractivity contribution in [3.63, 3.8) is 0 Å². The van der Waals surface area contributed by atoms with E-state index < -0.39 is 42.6 Å². The third-order valence-electron chi connectivity index (χ3n) is 4.63. The van der Waals surface area contributed by atoms with Crippen LogP contribution < -0.4 is 0 Å². The van der Waals surface area contributed by atoms with Crippen molar-refractivity contribution < 1.29 is 30.4 Å². The highest BCUT2D eigenvalue weighted by atomic mass is 32.2. The molecule has 0 bridgehead atoms. The molecule has 146 valence electrons. The summed E-state index contributed by atoms with van der Waals surface area (Å²) in [6.45, 7) is 0.700. The summed E-state index contributed by atoms with van der Waals surface area (Å²) in [5.74, 6) is -1.90. The Morgan fingerprint density at radius 3 is 2.27 bits per heavy atom. The molecule has 0 unspecified atom stereocenters. The Kier molecular flexibility index (Phi) is 5.37. The fourth-order valence-electron chi connectivity index (χ4n) is 3.37. The zero-order valence-corrected chi connectivity index (χ0v) is 15.8. The van der Waals surface area contributed by atoms with Gasteiger partial charge in [-0.1, -0.05) is 0 Å². The normalized spacial score (nSPS) is 21.1. The van der Waals surface area contributed by atoms with Gasteiger partial charge >= 0.3 is 0 Å². The van der Waals surface area contributed by atoms with Gasteiger partial charge in [0.05, 0.1) is 12.3 Å². The van der Waals surface area contributed by atoms with E-state index in [0.29, 0.717) is 32.1 Å². The Balaban J connectivity index is 1.78. The SMILES string of the molecule is CS(=O)(=O)N(C1CCOCC1)C1CN(S(=O)(=O)c2cc(F)ccc2F)C1. The summed E-state index contributed by atoms with van der Waals surface area (Å²) in [5.41, 5.74) is 0. The van der Waals surface area contributed by atoms with Crippen molar-refractivity contribution in [2.24, 2.45) is 0 Å². The number of benzene rings is 1.